The molecule has 0 unspecified atom stereocenters. The Morgan fingerprint density at radius 1 is 1.00 bits per heavy atom. The van der Waals surface area contributed by atoms with Crippen LogP contribution in [0.4, 0.5) is 0 Å². The van der Waals surface area contributed by atoms with E-state index in [1.54, 1.807) is 61.7 Å². The molecule has 0 aliphatic carbocycles. The molecule has 0 saturated carbocycles. The number of hydrogen-bond donors (Lipinski definition) is 1. The van der Waals surface area contributed by atoms with Gasteiger partial charge in [-0.05, 0) is 42.5 Å². The fourth-order valence-corrected chi connectivity index (χ4v) is 2.51. The molecule has 0 radical (unpaired) electrons. The number of methoxy groups -OCH3 is 2. The van der Waals surface area contributed by atoms with Gasteiger partial charge in [-0.1, -0.05) is 11.2 Å². The Bertz CT molecular complexity index is 981. The molecule has 0 bridgehead atoms. The minimum absolute atomic E-state index is 0.153. The second-order valence-corrected chi connectivity index (χ2v) is 6.00. The Kier molecular flexibility index (Phi) is 6.47. The van der Waals surface area contributed by atoms with Gasteiger partial charge in [0.2, 0.25) is 0 Å². The van der Waals surface area contributed by atoms with E-state index >= 15 is 0 Å². The highest BCUT2D eigenvalue weighted by molar-refractivity contribution is 5.94. The van der Waals surface area contributed by atoms with Crippen LogP contribution in [0.15, 0.2) is 59.1 Å². The lowest BCUT2D eigenvalue weighted by Crippen LogP contribution is -2.22. The highest BCUT2D eigenvalue weighted by atomic mass is 16.5. The summed E-state index contributed by atoms with van der Waals surface area (Å²) in [6.45, 7) is 0.343. The van der Waals surface area contributed by atoms with Crippen LogP contribution in [0.25, 0.3) is 0 Å². The Labute approximate surface area is 167 Å². The van der Waals surface area contributed by atoms with Crippen LogP contribution < -0.4 is 14.8 Å². The van der Waals surface area contributed by atoms with Gasteiger partial charge in [-0.3, -0.25) is 4.79 Å². The number of carbonyl (C=O) groups excluding carboxylic acids is 2. The maximum Gasteiger partial charge on any atom is 0.337 e. The SMILES string of the molecule is COC(=O)c1cccc(OCc2cc(CNC(=O)c3ccc(OC)cc3)on2)c1. The van der Waals surface area contributed by atoms with Crippen molar-refractivity contribution in [3.05, 3.63) is 77.2 Å². The summed E-state index contributed by atoms with van der Waals surface area (Å²) >= 11 is 0. The molecule has 0 fully saturated rings. The zero-order valence-electron chi connectivity index (χ0n) is 16.0. The number of amides is 1. The van der Waals surface area contributed by atoms with E-state index in [-0.39, 0.29) is 19.1 Å². The van der Waals surface area contributed by atoms with Crippen molar-refractivity contribution in [2.24, 2.45) is 0 Å². The lowest BCUT2D eigenvalue weighted by molar-refractivity contribution is 0.0600. The Morgan fingerprint density at radius 2 is 1.79 bits per heavy atom. The molecular weight excluding hydrogens is 376 g/mol. The number of hydrogen-bond acceptors (Lipinski definition) is 7. The molecule has 0 aliphatic rings. The van der Waals surface area contributed by atoms with Crippen LogP contribution in [0.5, 0.6) is 11.5 Å². The van der Waals surface area contributed by atoms with Crippen LogP contribution in [-0.4, -0.2) is 31.3 Å². The lowest BCUT2D eigenvalue weighted by Gasteiger charge is -2.05. The van der Waals surface area contributed by atoms with Crippen molar-refractivity contribution in [2.75, 3.05) is 14.2 Å². The first kappa shape index (κ1) is 19.9. The molecule has 0 spiro atoms. The van der Waals surface area contributed by atoms with Crippen molar-refractivity contribution in [3.8, 4) is 11.5 Å². The monoisotopic (exact) mass is 396 g/mol. The van der Waals surface area contributed by atoms with Gasteiger partial charge >= 0.3 is 5.97 Å². The van der Waals surface area contributed by atoms with E-state index in [4.69, 9.17) is 14.0 Å². The summed E-state index contributed by atoms with van der Waals surface area (Å²) < 4.78 is 20.6. The Hall–Kier alpha value is -3.81. The number of ether oxygens (including phenoxy) is 3. The normalized spacial score (nSPS) is 10.3. The van der Waals surface area contributed by atoms with Gasteiger partial charge in [0.25, 0.3) is 5.91 Å². The van der Waals surface area contributed by atoms with E-state index in [0.717, 1.165) is 0 Å². The highest BCUT2D eigenvalue weighted by Gasteiger charge is 2.10. The fraction of sp³-hybridized carbons (Fsp3) is 0.190. The minimum Gasteiger partial charge on any atom is -0.497 e. The maximum atomic E-state index is 12.2. The van der Waals surface area contributed by atoms with Crippen LogP contribution in [0.2, 0.25) is 0 Å². The summed E-state index contributed by atoms with van der Waals surface area (Å²) in [5.74, 6) is 1.01. The number of carbonyl (C=O) groups is 2. The molecule has 0 aliphatic heterocycles. The first-order chi connectivity index (χ1) is 14.1. The van der Waals surface area contributed by atoms with Crippen LogP contribution in [0, 0.1) is 0 Å². The Morgan fingerprint density at radius 3 is 2.52 bits per heavy atom. The average Bonchev–Trinajstić information content (AvgIpc) is 3.23. The number of nitrogens with zero attached hydrogens (tertiary/aromatic N) is 1. The zero-order chi connectivity index (χ0) is 20.6. The molecule has 0 saturated heterocycles. The van der Waals surface area contributed by atoms with Gasteiger partial charge in [-0.25, -0.2) is 4.79 Å². The third-order valence-electron chi connectivity index (χ3n) is 4.02. The quantitative estimate of drug-likeness (QED) is 0.584. The molecular formula is C21H20N2O6. The third-order valence-corrected chi connectivity index (χ3v) is 4.02. The Balaban J connectivity index is 1.51. The van der Waals surface area contributed by atoms with Crippen molar-refractivity contribution in [2.45, 2.75) is 13.2 Å². The molecule has 1 amide bonds. The minimum atomic E-state index is -0.438. The van der Waals surface area contributed by atoms with Crippen molar-refractivity contribution < 1.29 is 28.3 Å². The molecule has 8 nitrogen and oxygen atoms in total. The number of rotatable bonds is 8. The van der Waals surface area contributed by atoms with Crippen LogP contribution in [0.3, 0.4) is 0 Å². The number of esters is 1. The molecule has 2 aromatic carbocycles. The van der Waals surface area contributed by atoms with Gasteiger partial charge in [0.15, 0.2) is 5.76 Å². The smallest absolute Gasteiger partial charge is 0.337 e. The molecule has 1 N–H and O–H groups in total. The van der Waals surface area contributed by atoms with Gasteiger partial charge in [-0.2, -0.15) is 0 Å². The number of benzene rings is 2. The summed E-state index contributed by atoms with van der Waals surface area (Å²) in [6.07, 6.45) is 0. The van der Waals surface area contributed by atoms with E-state index < -0.39 is 5.97 Å². The van der Waals surface area contributed by atoms with Gasteiger partial charge in [-0.15, -0.1) is 0 Å². The second-order valence-electron chi connectivity index (χ2n) is 6.00. The van der Waals surface area contributed by atoms with Crippen molar-refractivity contribution in [1.29, 1.82) is 0 Å². The molecule has 8 heteroatoms. The number of aromatic nitrogens is 1. The van der Waals surface area contributed by atoms with Crippen LogP contribution in [-0.2, 0) is 17.9 Å². The van der Waals surface area contributed by atoms with Crippen LogP contribution >= 0.6 is 0 Å². The van der Waals surface area contributed by atoms with Crippen molar-refractivity contribution in [3.63, 3.8) is 0 Å². The van der Waals surface area contributed by atoms with Gasteiger partial charge in [0.05, 0.1) is 26.3 Å². The zero-order valence-corrected chi connectivity index (χ0v) is 16.0. The first-order valence-electron chi connectivity index (χ1n) is 8.77. The number of nitrogens with one attached hydrogen (secondary N) is 1. The predicted molar refractivity (Wildman–Crippen MR) is 103 cm³/mol. The predicted octanol–water partition coefficient (Wildman–Crippen LogP) is 2.98. The van der Waals surface area contributed by atoms with E-state index in [1.165, 1.54) is 7.11 Å². The van der Waals surface area contributed by atoms with Crippen molar-refractivity contribution >= 4 is 11.9 Å². The maximum absolute atomic E-state index is 12.2. The summed E-state index contributed by atoms with van der Waals surface area (Å²) in [5, 5.41) is 6.68. The summed E-state index contributed by atoms with van der Waals surface area (Å²) in [4.78, 5) is 23.7. The third kappa shape index (κ3) is 5.35. The molecule has 3 aromatic rings. The molecule has 3 rings (SSSR count). The molecule has 1 heterocycles. The van der Waals surface area contributed by atoms with Gasteiger partial charge in [0, 0.05) is 11.6 Å². The fourth-order valence-electron chi connectivity index (χ4n) is 2.51. The van der Waals surface area contributed by atoms with Crippen LogP contribution in [0.1, 0.15) is 32.2 Å². The summed E-state index contributed by atoms with van der Waals surface area (Å²) in [6, 6.07) is 15.1. The van der Waals surface area contributed by atoms with E-state index in [1.807, 2.05) is 0 Å². The summed E-state index contributed by atoms with van der Waals surface area (Å²) in [5.41, 5.74) is 1.47. The highest BCUT2D eigenvalue weighted by Crippen LogP contribution is 2.16. The molecule has 29 heavy (non-hydrogen) atoms. The topological polar surface area (TPSA) is 99.9 Å². The largest absolute Gasteiger partial charge is 0.497 e. The second kappa shape index (κ2) is 9.41. The molecule has 0 atom stereocenters. The molecule has 1 aromatic heterocycles. The molecule has 150 valence electrons. The van der Waals surface area contributed by atoms with E-state index in [2.05, 4.69) is 15.2 Å². The lowest BCUT2D eigenvalue weighted by atomic mass is 10.2. The standard InChI is InChI=1S/C21H20N2O6/c1-26-17-8-6-14(7-9-17)20(24)22-12-19-11-16(23-29-19)13-28-18-5-3-4-15(10-18)21(25)27-2/h3-11H,12-13H2,1-2H3,(H,22,24). The van der Waals surface area contributed by atoms with Gasteiger partial charge < -0.3 is 24.1 Å². The van der Waals surface area contributed by atoms with E-state index in [9.17, 15) is 9.59 Å². The van der Waals surface area contributed by atoms with Crippen molar-refractivity contribution in [1.82, 2.24) is 10.5 Å². The first-order valence-corrected chi connectivity index (χ1v) is 8.77. The van der Waals surface area contributed by atoms with Gasteiger partial charge in [0.1, 0.15) is 23.8 Å². The average molecular weight is 396 g/mol. The van der Waals surface area contributed by atoms with E-state index in [0.29, 0.717) is 34.1 Å². The summed E-state index contributed by atoms with van der Waals surface area (Å²) in [7, 11) is 2.89.